The zero-order valence-corrected chi connectivity index (χ0v) is 11.7. The van der Waals surface area contributed by atoms with Crippen LogP contribution in [0.1, 0.15) is 28.2 Å². The zero-order chi connectivity index (χ0) is 14.1. The van der Waals surface area contributed by atoms with Crippen molar-refractivity contribution < 1.29 is 9.90 Å². The van der Waals surface area contributed by atoms with E-state index in [1.807, 2.05) is 10.7 Å². The lowest BCUT2D eigenvalue weighted by Gasteiger charge is -2.11. The van der Waals surface area contributed by atoms with Crippen LogP contribution in [0.3, 0.4) is 0 Å². The Labute approximate surface area is 119 Å². The fraction of sp³-hybridized carbons (Fsp3) is 0.214. The Morgan fingerprint density at radius 1 is 1.45 bits per heavy atom. The highest BCUT2D eigenvalue weighted by atomic mass is 32.1. The molecule has 0 aliphatic rings. The van der Waals surface area contributed by atoms with E-state index < -0.39 is 5.97 Å². The normalized spacial score (nSPS) is 12.7. The second kappa shape index (κ2) is 5.05. The Morgan fingerprint density at radius 2 is 2.30 bits per heavy atom. The van der Waals surface area contributed by atoms with Gasteiger partial charge >= 0.3 is 5.97 Å². The van der Waals surface area contributed by atoms with E-state index in [1.165, 1.54) is 4.88 Å². The van der Waals surface area contributed by atoms with Crippen molar-refractivity contribution in [2.75, 3.05) is 0 Å². The van der Waals surface area contributed by atoms with Crippen molar-refractivity contribution in [3.8, 4) is 0 Å². The van der Waals surface area contributed by atoms with Crippen LogP contribution in [0.15, 0.2) is 35.7 Å². The molecule has 6 heteroatoms. The number of carboxylic acids is 1. The molecule has 0 aliphatic heterocycles. The van der Waals surface area contributed by atoms with Gasteiger partial charge in [0, 0.05) is 11.3 Å². The predicted molar refractivity (Wildman–Crippen MR) is 77.2 cm³/mol. The summed E-state index contributed by atoms with van der Waals surface area (Å²) in [5, 5.41) is 19.3. The van der Waals surface area contributed by atoms with Crippen LogP contribution < -0.4 is 0 Å². The molecule has 3 rings (SSSR count). The van der Waals surface area contributed by atoms with Gasteiger partial charge in [0.15, 0.2) is 0 Å². The van der Waals surface area contributed by atoms with Gasteiger partial charge in [-0.2, -0.15) is 0 Å². The van der Waals surface area contributed by atoms with E-state index in [1.54, 1.807) is 29.5 Å². The summed E-state index contributed by atoms with van der Waals surface area (Å²) in [5.74, 6) is -0.951. The summed E-state index contributed by atoms with van der Waals surface area (Å²) in [5.41, 5.74) is 1.71. The molecule has 1 N–H and O–H groups in total. The molecular weight excluding hydrogens is 274 g/mol. The Kier molecular flexibility index (Phi) is 3.23. The van der Waals surface area contributed by atoms with E-state index >= 15 is 0 Å². The van der Waals surface area contributed by atoms with Crippen LogP contribution in [0.2, 0.25) is 0 Å². The molecule has 3 aromatic rings. The van der Waals surface area contributed by atoms with E-state index in [0.29, 0.717) is 5.52 Å². The molecule has 1 atom stereocenters. The number of thiophene rings is 1. The van der Waals surface area contributed by atoms with Crippen LogP contribution in [0, 0.1) is 0 Å². The standard InChI is InChI=1S/C14H13N3O2S/c1-9(7-11-3-2-6-20-11)17-13-5-4-10(14(18)19)8-12(13)15-16-17/h2-6,8-9H,7H2,1H3,(H,18,19). The molecule has 0 aliphatic carbocycles. The van der Waals surface area contributed by atoms with Crippen molar-refractivity contribution >= 4 is 28.3 Å². The fourth-order valence-electron chi connectivity index (χ4n) is 2.21. The summed E-state index contributed by atoms with van der Waals surface area (Å²) in [4.78, 5) is 12.2. The lowest BCUT2D eigenvalue weighted by Crippen LogP contribution is -2.09. The maximum Gasteiger partial charge on any atom is 0.335 e. The number of hydrogen-bond acceptors (Lipinski definition) is 4. The van der Waals surface area contributed by atoms with Gasteiger partial charge in [0.25, 0.3) is 0 Å². The Morgan fingerprint density at radius 3 is 3.00 bits per heavy atom. The SMILES string of the molecule is CC(Cc1cccs1)n1nnc2cc(C(=O)O)ccc21. The molecule has 0 saturated heterocycles. The highest BCUT2D eigenvalue weighted by molar-refractivity contribution is 7.09. The Balaban J connectivity index is 1.94. The molecule has 20 heavy (non-hydrogen) atoms. The van der Waals surface area contributed by atoms with Gasteiger partial charge in [-0.1, -0.05) is 11.3 Å². The largest absolute Gasteiger partial charge is 0.478 e. The third-order valence-electron chi connectivity index (χ3n) is 3.21. The molecule has 0 fully saturated rings. The summed E-state index contributed by atoms with van der Waals surface area (Å²) < 4.78 is 1.85. The number of carbonyl (C=O) groups is 1. The summed E-state index contributed by atoms with van der Waals surface area (Å²) in [6.45, 7) is 2.08. The second-order valence-electron chi connectivity index (χ2n) is 4.68. The van der Waals surface area contributed by atoms with Crippen molar-refractivity contribution in [3.63, 3.8) is 0 Å². The van der Waals surface area contributed by atoms with E-state index in [0.717, 1.165) is 11.9 Å². The van der Waals surface area contributed by atoms with Crippen molar-refractivity contribution in [3.05, 3.63) is 46.2 Å². The number of aromatic nitrogens is 3. The summed E-state index contributed by atoms with van der Waals surface area (Å²) in [7, 11) is 0. The molecule has 2 heterocycles. The molecule has 0 bridgehead atoms. The third kappa shape index (κ3) is 2.30. The Bertz CT molecular complexity index is 749. The molecule has 0 amide bonds. The molecule has 1 unspecified atom stereocenters. The zero-order valence-electron chi connectivity index (χ0n) is 10.9. The average molecular weight is 287 g/mol. The summed E-state index contributed by atoms with van der Waals surface area (Å²) in [6, 6.07) is 9.22. The highest BCUT2D eigenvalue weighted by Crippen LogP contribution is 2.22. The van der Waals surface area contributed by atoms with Gasteiger partial charge in [-0.25, -0.2) is 9.48 Å². The minimum atomic E-state index is -0.951. The summed E-state index contributed by atoms with van der Waals surface area (Å²) >= 11 is 1.72. The van der Waals surface area contributed by atoms with Gasteiger partial charge in [0.2, 0.25) is 0 Å². The van der Waals surface area contributed by atoms with E-state index in [-0.39, 0.29) is 11.6 Å². The van der Waals surface area contributed by atoms with Gasteiger partial charge < -0.3 is 5.11 Å². The molecule has 0 spiro atoms. The van der Waals surface area contributed by atoms with Crippen molar-refractivity contribution in [1.82, 2.24) is 15.0 Å². The van der Waals surface area contributed by atoms with Crippen LogP contribution in [-0.2, 0) is 6.42 Å². The number of carboxylic acid groups (broad SMARTS) is 1. The predicted octanol–water partition coefficient (Wildman–Crippen LogP) is 2.99. The molecule has 102 valence electrons. The van der Waals surface area contributed by atoms with E-state index in [4.69, 9.17) is 5.11 Å². The minimum Gasteiger partial charge on any atom is -0.478 e. The van der Waals surface area contributed by atoms with Gasteiger partial charge in [-0.3, -0.25) is 0 Å². The quantitative estimate of drug-likeness (QED) is 0.801. The number of benzene rings is 1. The van der Waals surface area contributed by atoms with E-state index in [2.05, 4.69) is 28.7 Å². The number of nitrogens with zero attached hydrogens (tertiary/aromatic N) is 3. The molecule has 1 aromatic carbocycles. The average Bonchev–Trinajstić information content (AvgIpc) is 3.06. The number of fused-ring (bicyclic) bond motifs is 1. The topological polar surface area (TPSA) is 68.0 Å². The number of rotatable bonds is 4. The highest BCUT2D eigenvalue weighted by Gasteiger charge is 2.14. The van der Waals surface area contributed by atoms with Gasteiger partial charge in [-0.05, 0) is 36.6 Å². The second-order valence-corrected chi connectivity index (χ2v) is 5.71. The first-order chi connectivity index (χ1) is 9.65. The Hall–Kier alpha value is -2.21. The molecule has 0 radical (unpaired) electrons. The molecular formula is C14H13N3O2S. The first-order valence-corrected chi connectivity index (χ1v) is 7.14. The van der Waals surface area contributed by atoms with Crippen molar-refractivity contribution in [1.29, 1.82) is 0 Å². The monoisotopic (exact) mass is 287 g/mol. The van der Waals surface area contributed by atoms with Crippen molar-refractivity contribution in [2.45, 2.75) is 19.4 Å². The van der Waals surface area contributed by atoms with Crippen LogP contribution in [-0.4, -0.2) is 26.1 Å². The third-order valence-corrected chi connectivity index (χ3v) is 4.11. The maximum atomic E-state index is 10.9. The van der Waals surface area contributed by atoms with Gasteiger partial charge in [0.05, 0.1) is 17.1 Å². The number of hydrogen-bond donors (Lipinski definition) is 1. The number of aromatic carboxylic acids is 1. The first-order valence-electron chi connectivity index (χ1n) is 6.26. The van der Waals surface area contributed by atoms with Crippen LogP contribution >= 0.6 is 11.3 Å². The van der Waals surface area contributed by atoms with Crippen LogP contribution in [0.5, 0.6) is 0 Å². The van der Waals surface area contributed by atoms with Crippen molar-refractivity contribution in [2.24, 2.45) is 0 Å². The molecule has 5 nitrogen and oxygen atoms in total. The van der Waals surface area contributed by atoms with E-state index in [9.17, 15) is 4.79 Å². The lowest BCUT2D eigenvalue weighted by atomic mass is 10.1. The minimum absolute atomic E-state index is 0.175. The first kappa shape index (κ1) is 12.8. The fourth-order valence-corrected chi connectivity index (χ4v) is 3.03. The maximum absolute atomic E-state index is 10.9. The van der Waals surface area contributed by atoms with Gasteiger partial charge in [0.1, 0.15) is 5.52 Å². The smallest absolute Gasteiger partial charge is 0.335 e. The molecule has 2 aromatic heterocycles. The lowest BCUT2D eigenvalue weighted by molar-refractivity contribution is 0.0697. The van der Waals surface area contributed by atoms with Crippen LogP contribution in [0.4, 0.5) is 0 Å². The molecule has 0 saturated carbocycles. The summed E-state index contributed by atoms with van der Waals surface area (Å²) in [6.07, 6.45) is 0.886. The van der Waals surface area contributed by atoms with Crippen LogP contribution in [0.25, 0.3) is 11.0 Å². The van der Waals surface area contributed by atoms with Gasteiger partial charge in [-0.15, -0.1) is 16.4 Å².